The van der Waals surface area contributed by atoms with Crippen molar-refractivity contribution in [3.8, 4) is 0 Å². The van der Waals surface area contributed by atoms with E-state index in [0.717, 1.165) is 51.8 Å². The van der Waals surface area contributed by atoms with Crippen LogP contribution in [0.2, 0.25) is 0 Å². The normalized spacial score (nSPS) is 22.2. The van der Waals surface area contributed by atoms with Crippen LogP contribution in [0.15, 0.2) is 23.3 Å². The van der Waals surface area contributed by atoms with Crippen molar-refractivity contribution in [2.75, 3.05) is 39.4 Å². The Morgan fingerprint density at radius 2 is 2.17 bits per heavy atom. The summed E-state index contributed by atoms with van der Waals surface area (Å²) in [5, 5.41) is 1.82. The van der Waals surface area contributed by atoms with Gasteiger partial charge < -0.3 is 14.2 Å². The van der Waals surface area contributed by atoms with E-state index in [1.165, 1.54) is 11.3 Å². The lowest BCUT2D eigenvalue weighted by atomic mass is 10.1. The molecule has 1 amide bonds. The van der Waals surface area contributed by atoms with Crippen LogP contribution in [0, 0.1) is 5.92 Å². The first kappa shape index (κ1) is 15.7. The summed E-state index contributed by atoms with van der Waals surface area (Å²) in [6, 6.07) is 0. The molecule has 2 aliphatic heterocycles. The summed E-state index contributed by atoms with van der Waals surface area (Å²) in [6.45, 7) is 6.67. The number of amides is 1. The molecular weight excluding hydrogens is 326 g/mol. The molecule has 1 unspecified atom stereocenters. The van der Waals surface area contributed by atoms with Crippen molar-refractivity contribution in [2.45, 2.75) is 13.1 Å². The number of carbonyl (C=O) groups excluding carboxylic acids is 1. The fourth-order valence-electron chi connectivity index (χ4n) is 3.44. The number of fused-ring (bicyclic) bond motifs is 1. The van der Waals surface area contributed by atoms with Gasteiger partial charge in [-0.2, -0.15) is 0 Å². The maximum Gasteiger partial charge on any atom is 0.273 e. The van der Waals surface area contributed by atoms with E-state index < -0.39 is 0 Å². The minimum Gasteiger partial charge on any atom is -0.379 e. The van der Waals surface area contributed by atoms with Crippen molar-refractivity contribution >= 4 is 17.2 Å². The van der Waals surface area contributed by atoms with Gasteiger partial charge in [-0.15, -0.1) is 11.3 Å². The van der Waals surface area contributed by atoms with Crippen molar-refractivity contribution < 1.29 is 9.53 Å². The predicted octanol–water partition coefficient (Wildman–Crippen LogP) is 0.944. The lowest BCUT2D eigenvalue weighted by Gasteiger charge is -2.31. The molecule has 0 aromatic carbocycles. The summed E-state index contributed by atoms with van der Waals surface area (Å²) in [4.78, 5) is 25.7. The van der Waals surface area contributed by atoms with Crippen LogP contribution in [0.1, 0.15) is 16.3 Å². The van der Waals surface area contributed by atoms with E-state index in [-0.39, 0.29) is 5.91 Å². The molecule has 4 heterocycles. The van der Waals surface area contributed by atoms with E-state index in [2.05, 4.69) is 19.4 Å². The molecule has 128 valence electrons. The maximum absolute atomic E-state index is 12.8. The average Bonchev–Trinajstić information content (AvgIpc) is 3.24. The zero-order valence-corrected chi connectivity index (χ0v) is 14.3. The van der Waals surface area contributed by atoms with Crippen molar-refractivity contribution in [1.82, 2.24) is 24.3 Å². The molecule has 8 heteroatoms. The number of ether oxygens (including phenoxy) is 1. The standard InChI is InChI=1S/C16H21N5O2S/c22-16(14-11-24-12-18-14)21-9-13(7-19-3-5-23-6-4-19)8-20-2-1-17-15(20)10-21/h1-2,11-13H,3-10H2. The summed E-state index contributed by atoms with van der Waals surface area (Å²) < 4.78 is 7.62. The van der Waals surface area contributed by atoms with Gasteiger partial charge >= 0.3 is 0 Å². The van der Waals surface area contributed by atoms with Crippen LogP contribution < -0.4 is 0 Å². The van der Waals surface area contributed by atoms with Gasteiger partial charge in [0.05, 0.1) is 25.3 Å². The minimum absolute atomic E-state index is 0.000299. The largest absolute Gasteiger partial charge is 0.379 e. The molecule has 1 atom stereocenters. The van der Waals surface area contributed by atoms with Crippen molar-refractivity contribution in [2.24, 2.45) is 5.92 Å². The lowest BCUT2D eigenvalue weighted by Crippen LogP contribution is -2.43. The number of aromatic nitrogens is 3. The summed E-state index contributed by atoms with van der Waals surface area (Å²) in [5.74, 6) is 1.32. The molecule has 4 rings (SSSR count). The molecule has 0 spiro atoms. The third-order valence-corrected chi connectivity index (χ3v) is 5.21. The fourth-order valence-corrected chi connectivity index (χ4v) is 3.97. The van der Waals surface area contributed by atoms with Crippen molar-refractivity contribution in [3.05, 3.63) is 34.8 Å². The van der Waals surface area contributed by atoms with Gasteiger partial charge in [0.25, 0.3) is 5.91 Å². The van der Waals surface area contributed by atoms with Crippen LogP contribution in [-0.2, 0) is 17.8 Å². The fraction of sp³-hybridized carbons (Fsp3) is 0.562. The third kappa shape index (κ3) is 3.35. The summed E-state index contributed by atoms with van der Waals surface area (Å²) in [6.07, 6.45) is 3.83. The Morgan fingerprint density at radius 1 is 1.29 bits per heavy atom. The maximum atomic E-state index is 12.8. The second-order valence-corrected chi connectivity index (χ2v) is 7.05. The molecule has 2 aliphatic rings. The SMILES string of the molecule is O=C(c1cscn1)N1Cc2nccn2CC(CN2CCOCC2)C1. The predicted molar refractivity (Wildman–Crippen MR) is 89.8 cm³/mol. The molecule has 1 fully saturated rings. The van der Waals surface area contributed by atoms with E-state index in [4.69, 9.17) is 4.74 Å². The Balaban J connectivity index is 1.53. The number of thiazole rings is 1. The molecule has 2 aromatic heterocycles. The van der Waals surface area contributed by atoms with Gasteiger partial charge in [-0.25, -0.2) is 9.97 Å². The number of rotatable bonds is 3. The zero-order chi connectivity index (χ0) is 16.4. The van der Waals surface area contributed by atoms with E-state index in [1.54, 1.807) is 5.51 Å². The number of hydrogen-bond acceptors (Lipinski definition) is 6. The lowest BCUT2D eigenvalue weighted by molar-refractivity contribution is 0.0263. The number of imidazole rings is 1. The summed E-state index contributed by atoms with van der Waals surface area (Å²) in [5.41, 5.74) is 2.24. The Bertz CT molecular complexity index is 680. The molecule has 1 saturated heterocycles. The van der Waals surface area contributed by atoms with Gasteiger partial charge in [-0.3, -0.25) is 9.69 Å². The summed E-state index contributed by atoms with van der Waals surface area (Å²) in [7, 11) is 0. The average molecular weight is 347 g/mol. The number of morpholine rings is 1. The third-order valence-electron chi connectivity index (χ3n) is 4.63. The Morgan fingerprint density at radius 3 is 2.96 bits per heavy atom. The second-order valence-electron chi connectivity index (χ2n) is 6.33. The molecule has 2 aromatic rings. The molecule has 7 nitrogen and oxygen atoms in total. The summed E-state index contributed by atoms with van der Waals surface area (Å²) >= 11 is 1.45. The van der Waals surface area contributed by atoms with Crippen LogP contribution in [0.4, 0.5) is 0 Å². The first-order chi connectivity index (χ1) is 11.8. The highest BCUT2D eigenvalue weighted by atomic mass is 32.1. The minimum atomic E-state index is -0.000299. The topological polar surface area (TPSA) is 63.5 Å². The van der Waals surface area contributed by atoms with E-state index in [9.17, 15) is 4.79 Å². The molecule has 0 bridgehead atoms. The number of nitrogens with zero attached hydrogens (tertiary/aromatic N) is 5. The van der Waals surface area contributed by atoms with Gasteiger partial charge in [0.15, 0.2) is 0 Å². The molecule has 0 radical (unpaired) electrons. The molecule has 0 N–H and O–H groups in total. The highest BCUT2D eigenvalue weighted by molar-refractivity contribution is 7.07. The van der Waals surface area contributed by atoms with E-state index >= 15 is 0 Å². The van der Waals surface area contributed by atoms with Gasteiger partial charge in [0.1, 0.15) is 11.5 Å². The van der Waals surface area contributed by atoms with Crippen LogP contribution in [0.5, 0.6) is 0 Å². The zero-order valence-electron chi connectivity index (χ0n) is 13.5. The van der Waals surface area contributed by atoms with Crippen LogP contribution in [0.3, 0.4) is 0 Å². The van der Waals surface area contributed by atoms with Crippen LogP contribution in [-0.4, -0.2) is 69.6 Å². The Kier molecular flexibility index (Phi) is 4.59. The van der Waals surface area contributed by atoms with Gasteiger partial charge in [-0.1, -0.05) is 0 Å². The van der Waals surface area contributed by atoms with E-state index in [1.807, 2.05) is 22.7 Å². The Hall–Kier alpha value is -1.77. The van der Waals surface area contributed by atoms with Crippen LogP contribution >= 0.6 is 11.3 Å². The Labute approximate surface area is 144 Å². The monoisotopic (exact) mass is 347 g/mol. The smallest absolute Gasteiger partial charge is 0.273 e. The molecule has 24 heavy (non-hydrogen) atoms. The quantitative estimate of drug-likeness (QED) is 0.827. The first-order valence-electron chi connectivity index (χ1n) is 8.27. The highest BCUT2D eigenvalue weighted by Gasteiger charge is 2.28. The van der Waals surface area contributed by atoms with Gasteiger partial charge in [0, 0.05) is 56.4 Å². The molecule has 0 aliphatic carbocycles. The van der Waals surface area contributed by atoms with Gasteiger partial charge in [-0.05, 0) is 0 Å². The second kappa shape index (κ2) is 7.00. The van der Waals surface area contributed by atoms with E-state index in [0.29, 0.717) is 18.2 Å². The van der Waals surface area contributed by atoms with Gasteiger partial charge in [0.2, 0.25) is 0 Å². The van der Waals surface area contributed by atoms with Crippen LogP contribution in [0.25, 0.3) is 0 Å². The molecule has 0 saturated carbocycles. The number of carbonyl (C=O) groups is 1. The number of hydrogen-bond donors (Lipinski definition) is 0. The molecular formula is C16H21N5O2S. The first-order valence-corrected chi connectivity index (χ1v) is 9.21. The van der Waals surface area contributed by atoms with Crippen molar-refractivity contribution in [1.29, 1.82) is 0 Å². The van der Waals surface area contributed by atoms with Crippen molar-refractivity contribution in [3.63, 3.8) is 0 Å². The highest BCUT2D eigenvalue weighted by Crippen LogP contribution is 2.19.